The monoisotopic (exact) mass is 388 g/mol. The second kappa shape index (κ2) is 7.52. The minimum absolute atomic E-state index is 0.0336. The molecule has 4 aromatic rings. The number of rotatable bonds is 5. The van der Waals surface area contributed by atoms with Crippen LogP contribution < -0.4 is 16.8 Å². The van der Waals surface area contributed by atoms with Gasteiger partial charge in [0.25, 0.3) is 0 Å². The van der Waals surface area contributed by atoms with Crippen LogP contribution in [0.15, 0.2) is 42.5 Å². The lowest BCUT2D eigenvalue weighted by Gasteiger charge is -2.11. The van der Waals surface area contributed by atoms with Gasteiger partial charge >= 0.3 is 0 Å². The minimum atomic E-state index is -0.0336. The van der Waals surface area contributed by atoms with Crippen LogP contribution in [0, 0.1) is 6.92 Å². The highest BCUT2D eigenvalue weighted by molar-refractivity contribution is 6.08. The van der Waals surface area contributed by atoms with E-state index in [0.717, 1.165) is 39.1 Å². The highest BCUT2D eigenvalue weighted by atomic mass is 16.1. The summed E-state index contributed by atoms with van der Waals surface area (Å²) in [5, 5.41) is 3.82. The van der Waals surface area contributed by atoms with Crippen LogP contribution in [-0.4, -0.2) is 20.4 Å². The zero-order valence-electron chi connectivity index (χ0n) is 16.6. The Morgan fingerprint density at radius 3 is 2.52 bits per heavy atom. The maximum Gasteiger partial charge on any atom is 0.224 e. The van der Waals surface area contributed by atoms with Crippen LogP contribution in [0.25, 0.3) is 21.9 Å². The van der Waals surface area contributed by atoms with Crippen LogP contribution >= 0.6 is 0 Å². The lowest BCUT2D eigenvalue weighted by Crippen LogP contribution is -2.09. The Bertz CT molecular complexity index is 1210. The second-order valence-corrected chi connectivity index (χ2v) is 7.09. The van der Waals surface area contributed by atoms with Gasteiger partial charge in [0.1, 0.15) is 11.3 Å². The number of pyridine rings is 1. The molecule has 5 N–H and O–H groups in total. The molecule has 4 rings (SSSR count). The Kier molecular flexibility index (Phi) is 4.90. The fourth-order valence-electron chi connectivity index (χ4n) is 3.51. The molecule has 0 aliphatic heterocycles. The van der Waals surface area contributed by atoms with E-state index < -0.39 is 0 Å². The molecule has 0 bridgehead atoms. The number of hydrogen-bond donors (Lipinski definition) is 3. The Hall–Kier alpha value is -3.45. The molecule has 2 aromatic carbocycles. The van der Waals surface area contributed by atoms with E-state index >= 15 is 0 Å². The summed E-state index contributed by atoms with van der Waals surface area (Å²) in [6, 6.07) is 13.9. The van der Waals surface area contributed by atoms with E-state index in [-0.39, 0.29) is 5.91 Å². The van der Waals surface area contributed by atoms with Crippen LogP contribution in [-0.2, 0) is 17.9 Å². The average molecular weight is 388 g/mol. The Morgan fingerprint density at radius 2 is 1.83 bits per heavy atom. The Morgan fingerprint density at radius 1 is 1.10 bits per heavy atom. The number of anilines is 2. The normalized spacial score (nSPS) is 11.3. The van der Waals surface area contributed by atoms with Gasteiger partial charge in [-0.15, -0.1) is 0 Å². The van der Waals surface area contributed by atoms with Gasteiger partial charge in [0.2, 0.25) is 5.91 Å². The number of fused-ring (bicyclic) bond motifs is 3. The molecule has 0 aliphatic carbocycles. The van der Waals surface area contributed by atoms with E-state index in [9.17, 15) is 4.79 Å². The molecule has 148 valence electrons. The Labute approximate surface area is 168 Å². The van der Waals surface area contributed by atoms with Crippen LogP contribution in [0.4, 0.5) is 11.5 Å². The van der Waals surface area contributed by atoms with Gasteiger partial charge in [0.15, 0.2) is 5.82 Å². The van der Waals surface area contributed by atoms with Crippen LogP contribution in [0.2, 0.25) is 0 Å². The third-order valence-corrected chi connectivity index (χ3v) is 5.10. The largest absolute Gasteiger partial charge is 0.382 e. The molecule has 2 heterocycles. The summed E-state index contributed by atoms with van der Waals surface area (Å²) in [6.45, 7) is 4.96. The molecule has 2 aromatic heterocycles. The lowest BCUT2D eigenvalue weighted by atomic mass is 10.1. The summed E-state index contributed by atoms with van der Waals surface area (Å²) in [7, 11) is 0. The predicted molar refractivity (Wildman–Crippen MR) is 117 cm³/mol. The molecule has 0 spiro atoms. The van der Waals surface area contributed by atoms with Crippen molar-refractivity contribution in [3.63, 3.8) is 0 Å². The molecule has 7 nitrogen and oxygen atoms in total. The van der Waals surface area contributed by atoms with Crippen molar-refractivity contribution in [1.29, 1.82) is 0 Å². The number of amides is 1. The number of imidazole rings is 1. The van der Waals surface area contributed by atoms with Gasteiger partial charge in [-0.3, -0.25) is 4.79 Å². The number of nitrogens with zero attached hydrogens (tertiary/aromatic N) is 3. The van der Waals surface area contributed by atoms with Crippen molar-refractivity contribution in [2.24, 2.45) is 5.73 Å². The number of hydrogen-bond acceptors (Lipinski definition) is 5. The topological polar surface area (TPSA) is 112 Å². The van der Waals surface area contributed by atoms with Gasteiger partial charge in [-0.05, 0) is 36.2 Å². The van der Waals surface area contributed by atoms with Crippen LogP contribution in [0.1, 0.15) is 30.3 Å². The van der Waals surface area contributed by atoms with Crippen molar-refractivity contribution in [2.45, 2.75) is 33.4 Å². The van der Waals surface area contributed by atoms with E-state index in [1.54, 1.807) is 0 Å². The number of nitrogen functional groups attached to an aromatic ring is 1. The smallest absolute Gasteiger partial charge is 0.224 e. The summed E-state index contributed by atoms with van der Waals surface area (Å²) in [5.74, 6) is 1.22. The third-order valence-electron chi connectivity index (χ3n) is 5.10. The molecule has 0 saturated heterocycles. The first-order valence-corrected chi connectivity index (χ1v) is 9.64. The molecule has 0 unspecified atom stereocenters. The Balaban J connectivity index is 1.88. The minimum Gasteiger partial charge on any atom is -0.382 e. The third kappa shape index (κ3) is 3.52. The van der Waals surface area contributed by atoms with Crippen molar-refractivity contribution < 1.29 is 4.79 Å². The zero-order chi connectivity index (χ0) is 20.5. The lowest BCUT2D eigenvalue weighted by molar-refractivity contribution is -0.115. The van der Waals surface area contributed by atoms with Gasteiger partial charge in [-0.25, -0.2) is 9.97 Å². The first-order valence-electron chi connectivity index (χ1n) is 9.64. The number of nitrogens with two attached hydrogens (primary N) is 2. The van der Waals surface area contributed by atoms with Gasteiger partial charge in [0.05, 0.1) is 11.0 Å². The number of carbonyl (C=O) groups excluding carboxylic acids is 1. The average Bonchev–Trinajstić information content (AvgIpc) is 3.06. The maximum atomic E-state index is 11.8. The second-order valence-electron chi connectivity index (χ2n) is 7.09. The zero-order valence-corrected chi connectivity index (χ0v) is 16.6. The molecular weight excluding hydrogens is 364 g/mol. The molecule has 0 aliphatic rings. The SMILES string of the molecule is CCC(=O)Nc1ccc2nc(N)c3nc(C)n(Cc4ccc(CN)cc4)c3c2c1. The van der Waals surface area contributed by atoms with Crippen molar-refractivity contribution in [1.82, 2.24) is 14.5 Å². The first kappa shape index (κ1) is 18.9. The first-order chi connectivity index (χ1) is 14.0. The highest BCUT2D eigenvalue weighted by Crippen LogP contribution is 2.31. The molecule has 29 heavy (non-hydrogen) atoms. The quantitative estimate of drug-likeness (QED) is 0.485. The van der Waals surface area contributed by atoms with Crippen LogP contribution in [0.5, 0.6) is 0 Å². The summed E-state index contributed by atoms with van der Waals surface area (Å²) >= 11 is 0. The van der Waals surface area contributed by atoms with E-state index in [1.165, 1.54) is 0 Å². The van der Waals surface area contributed by atoms with Crippen molar-refractivity contribution >= 4 is 39.3 Å². The van der Waals surface area contributed by atoms with E-state index in [4.69, 9.17) is 11.5 Å². The van der Waals surface area contributed by atoms with E-state index in [0.29, 0.717) is 30.8 Å². The fourth-order valence-corrected chi connectivity index (χ4v) is 3.51. The summed E-state index contributed by atoms with van der Waals surface area (Å²) < 4.78 is 2.14. The van der Waals surface area contributed by atoms with Crippen molar-refractivity contribution in [2.75, 3.05) is 11.1 Å². The van der Waals surface area contributed by atoms with Crippen molar-refractivity contribution in [3.8, 4) is 0 Å². The number of carbonyl (C=O) groups is 1. The maximum absolute atomic E-state index is 11.8. The highest BCUT2D eigenvalue weighted by Gasteiger charge is 2.16. The number of nitrogens with one attached hydrogen (secondary N) is 1. The summed E-state index contributed by atoms with van der Waals surface area (Å²) in [6.07, 6.45) is 0.420. The number of benzene rings is 2. The van der Waals surface area contributed by atoms with Gasteiger partial charge in [-0.1, -0.05) is 31.2 Å². The van der Waals surface area contributed by atoms with Gasteiger partial charge in [0, 0.05) is 30.6 Å². The number of aromatic nitrogens is 3. The molecule has 0 saturated carbocycles. The molecule has 1 amide bonds. The van der Waals surface area contributed by atoms with E-state index in [1.807, 2.05) is 44.2 Å². The summed E-state index contributed by atoms with van der Waals surface area (Å²) in [5.41, 5.74) is 17.2. The molecule has 0 atom stereocenters. The van der Waals surface area contributed by atoms with Gasteiger partial charge < -0.3 is 21.4 Å². The van der Waals surface area contributed by atoms with Gasteiger partial charge in [-0.2, -0.15) is 0 Å². The summed E-state index contributed by atoms with van der Waals surface area (Å²) in [4.78, 5) is 21.0. The predicted octanol–water partition coefficient (Wildman–Crippen LogP) is 3.33. The van der Waals surface area contributed by atoms with Crippen molar-refractivity contribution in [3.05, 3.63) is 59.4 Å². The molecule has 0 radical (unpaired) electrons. The fraction of sp³-hybridized carbons (Fsp3) is 0.227. The van der Waals surface area contributed by atoms with Crippen LogP contribution in [0.3, 0.4) is 0 Å². The molecule has 0 fully saturated rings. The number of aryl methyl sites for hydroxylation is 1. The molecule has 7 heteroatoms. The standard InChI is InChI=1S/C22H24N6O/c1-3-19(29)26-16-8-9-18-17(10-16)21-20(22(24)27-18)25-13(2)28(21)12-15-6-4-14(11-23)5-7-15/h4-10H,3,11-12,23H2,1-2H3,(H2,24,27)(H,26,29). The van der Waals surface area contributed by atoms with E-state index in [2.05, 4.69) is 32.0 Å². The molecular formula is C22H24N6O.